The molecule has 1 heteroatoms. The zero-order valence-electron chi connectivity index (χ0n) is 4.69. The summed E-state index contributed by atoms with van der Waals surface area (Å²) in [5.41, 5.74) is 0.766. The highest BCUT2D eigenvalue weighted by Gasteiger charge is 1.86. The second-order valence-corrected chi connectivity index (χ2v) is 2.02. The van der Waals surface area contributed by atoms with Crippen LogP contribution >= 0.6 is 11.6 Å². The van der Waals surface area contributed by atoms with E-state index in [1.807, 2.05) is 0 Å². The molecule has 0 N–H and O–H groups in total. The van der Waals surface area contributed by atoms with E-state index in [4.69, 9.17) is 18.0 Å². The lowest BCUT2D eigenvalue weighted by Crippen LogP contribution is -1.70. The van der Waals surface area contributed by atoms with Crippen molar-refractivity contribution in [1.29, 1.82) is 0 Å². The fourth-order valence-corrected chi connectivity index (χ4v) is 0.707. The lowest BCUT2D eigenvalue weighted by atomic mass is 10.2. The average molecular weight is 136 g/mol. The van der Waals surface area contributed by atoms with E-state index in [1.54, 1.807) is 18.2 Å². The van der Waals surface area contributed by atoms with E-state index in [1.165, 1.54) is 0 Å². The Bertz CT molecular complexity index is 245. The molecule has 1 aromatic rings. The molecule has 1 rings (SSSR count). The predicted octanol–water partition coefficient (Wildman–Crippen LogP) is 2.12. The molecule has 0 spiro atoms. The van der Waals surface area contributed by atoms with Crippen molar-refractivity contribution in [3.8, 4) is 12.3 Å². The summed E-state index contributed by atoms with van der Waals surface area (Å²) in [5, 5.41) is 0.630. The van der Waals surface area contributed by atoms with Gasteiger partial charge in [0.25, 0.3) is 0 Å². The van der Waals surface area contributed by atoms with Crippen LogP contribution in [-0.2, 0) is 0 Å². The number of hydrogen-bond acceptors (Lipinski definition) is 0. The maximum atomic E-state index is 5.60. The maximum absolute atomic E-state index is 5.60. The van der Waals surface area contributed by atoms with Gasteiger partial charge in [0.05, 0.1) is 0 Å². The van der Waals surface area contributed by atoms with Crippen LogP contribution in [0.5, 0.6) is 0 Å². The molecular formula is C8H4Cl. The summed E-state index contributed by atoms with van der Waals surface area (Å²) >= 11 is 5.60. The minimum absolute atomic E-state index is 0.630. The summed E-state index contributed by atoms with van der Waals surface area (Å²) in [6.45, 7) is 0. The number of hydrogen-bond donors (Lipinski definition) is 0. The van der Waals surface area contributed by atoms with E-state index in [-0.39, 0.29) is 0 Å². The molecule has 9 heavy (non-hydrogen) atoms. The van der Waals surface area contributed by atoms with Gasteiger partial charge in [0.1, 0.15) is 0 Å². The van der Waals surface area contributed by atoms with E-state index >= 15 is 0 Å². The summed E-state index contributed by atoms with van der Waals surface area (Å²) in [4.78, 5) is 0. The normalized spacial score (nSPS) is 8.44. The van der Waals surface area contributed by atoms with Gasteiger partial charge in [-0.25, -0.2) is 0 Å². The molecule has 0 amide bonds. The molecule has 0 bridgehead atoms. The van der Waals surface area contributed by atoms with Gasteiger partial charge >= 0.3 is 0 Å². The Morgan fingerprint density at radius 1 is 1.56 bits per heavy atom. The molecular weight excluding hydrogens is 132 g/mol. The number of benzene rings is 1. The summed E-state index contributed by atoms with van der Waals surface area (Å²) in [6.07, 6.45) is 5.09. The fourth-order valence-electron chi connectivity index (χ4n) is 0.526. The summed E-state index contributed by atoms with van der Waals surface area (Å²) in [5.74, 6) is 2.45. The minimum atomic E-state index is 0.630. The molecule has 0 heterocycles. The van der Waals surface area contributed by atoms with Crippen molar-refractivity contribution in [3.63, 3.8) is 0 Å². The Morgan fingerprint density at radius 3 is 2.78 bits per heavy atom. The Hall–Kier alpha value is -0.930. The Balaban J connectivity index is 3.12. The molecule has 0 atom stereocenters. The van der Waals surface area contributed by atoms with E-state index in [2.05, 4.69) is 12.0 Å². The van der Waals surface area contributed by atoms with Crippen molar-refractivity contribution in [2.75, 3.05) is 0 Å². The van der Waals surface area contributed by atoms with Crippen molar-refractivity contribution in [1.82, 2.24) is 0 Å². The van der Waals surface area contributed by atoms with Gasteiger partial charge in [-0.3, -0.25) is 0 Å². The molecule has 0 aromatic heterocycles. The maximum Gasteiger partial charge on any atom is 0.0424 e. The number of rotatable bonds is 0. The molecule has 0 fully saturated rings. The van der Waals surface area contributed by atoms with Gasteiger partial charge in [0.15, 0.2) is 0 Å². The molecule has 0 saturated heterocycles. The molecule has 0 aliphatic rings. The van der Waals surface area contributed by atoms with Crippen LogP contribution < -0.4 is 0 Å². The molecule has 43 valence electrons. The van der Waals surface area contributed by atoms with Crippen LogP contribution in [0, 0.1) is 18.4 Å². The smallest absolute Gasteiger partial charge is 0.0424 e. The first kappa shape index (κ1) is 6.19. The van der Waals surface area contributed by atoms with Gasteiger partial charge in [-0.1, -0.05) is 17.5 Å². The van der Waals surface area contributed by atoms with E-state index in [0.29, 0.717) is 5.02 Å². The minimum Gasteiger partial charge on any atom is -0.115 e. The Kier molecular flexibility index (Phi) is 1.77. The van der Waals surface area contributed by atoms with Crippen molar-refractivity contribution in [3.05, 3.63) is 34.9 Å². The number of terminal acetylenes is 1. The number of halogens is 1. The zero-order chi connectivity index (χ0) is 6.69. The van der Waals surface area contributed by atoms with Gasteiger partial charge in [-0.2, -0.15) is 0 Å². The SMILES string of the molecule is C#Cc1c[c]cc(Cl)c1. The quantitative estimate of drug-likeness (QED) is 0.478. The Labute approximate surface area is 59.5 Å². The fraction of sp³-hybridized carbons (Fsp3) is 0. The van der Waals surface area contributed by atoms with Crippen molar-refractivity contribution in [2.45, 2.75) is 0 Å². The summed E-state index contributed by atoms with van der Waals surface area (Å²) in [6, 6.07) is 7.91. The van der Waals surface area contributed by atoms with E-state index in [9.17, 15) is 0 Å². The van der Waals surface area contributed by atoms with E-state index < -0.39 is 0 Å². The van der Waals surface area contributed by atoms with Gasteiger partial charge in [-0.05, 0) is 24.3 Å². The average Bonchev–Trinajstić information content (AvgIpc) is 1.88. The topological polar surface area (TPSA) is 0 Å². The monoisotopic (exact) mass is 135 g/mol. The standard InChI is InChI=1S/C8H4Cl/c1-2-7-4-3-5-8(9)6-7/h1,4-6H. The lowest BCUT2D eigenvalue weighted by Gasteiger charge is -1.87. The van der Waals surface area contributed by atoms with Gasteiger partial charge in [0, 0.05) is 10.6 Å². The molecule has 0 saturated carbocycles. The Morgan fingerprint density at radius 2 is 2.33 bits per heavy atom. The molecule has 0 unspecified atom stereocenters. The second kappa shape index (κ2) is 2.57. The van der Waals surface area contributed by atoms with Gasteiger partial charge in [0.2, 0.25) is 0 Å². The van der Waals surface area contributed by atoms with Crippen LogP contribution in [-0.4, -0.2) is 0 Å². The molecule has 1 aromatic carbocycles. The van der Waals surface area contributed by atoms with Crippen molar-refractivity contribution >= 4 is 11.6 Å². The highest BCUT2D eigenvalue weighted by Crippen LogP contribution is 2.08. The van der Waals surface area contributed by atoms with Crippen LogP contribution in [0.1, 0.15) is 5.56 Å². The molecule has 0 aliphatic carbocycles. The molecule has 1 radical (unpaired) electrons. The van der Waals surface area contributed by atoms with Crippen LogP contribution in [0.15, 0.2) is 18.2 Å². The molecule has 0 nitrogen and oxygen atoms in total. The first-order valence-corrected chi connectivity index (χ1v) is 2.84. The third-order valence-corrected chi connectivity index (χ3v) is 1.14. The molecule has 0 aliphatic heterocycles. The zero-order valence-corrected chi connectivity index (χ0v) is 5.44. The summed E-state index contributed by atoms with van der Waals surface area (Å²) in [7, 11) is 0. The van der Waals surface area contributed by atoms with Crippen molar-refractivity contribution < 1.29 is 0 Å². The predicted molar refractivity (Wildman–Crippen MR) is 38.2 cm³/mol. The highest BCUT2D eigenvalue weighted by atomic mass is 35.5. The van der Waals surface area contributed by atoms with E-state index in [0.717, 1.165) is 5.56 Å². The van der Waals surface area contributed by atoms with Crippen molar-refractivity contribution in [2.24, 2.45) is 0 Å². The third kappa shape index (κ3) is 1.48. The lowest BCUT2D eigenvalue weighted by molar-refractivity contribution is 1.64. The summed E-state index contributed by atoms with van der Waals surface area (Å²) < 4.78 is 0. The third-order valence-electron chi connectivity index (χ3n) is 0.920. The largest absolute Gasteiger partial charge is 0.115 e. The van der Waals surface area contributed by atoms with Crippen LogP contribution in [0.4, 0.5) is 0 Å². The second-order valence-electron chi connectivity index (χ2n) is 1.58. The van der Waals surface area contributed by atoms with Crippen LogP contribution in [0.25, 0.3) is 0 Å². The van der Waals surface area contributed by atoms with Crippen LogP contribution in [0.2, 0.25) is 5.02 Å². The highest BCUT2D eigenvalue weighted by molar-refractivity contribution is 6.30. The first-order valence-electron chi connectivity index (χ1n) is 2.46. The first-order chi connectivity index (χ1) is 4.33. The van der Waals surface area contributed by atoms with Gasteiger partial charge < -0.3 is 0 Å². The van der Waals surface area contributed by atoms with Crippen LogP contribution in [0.3, 0.4) is 0 Å². The van der Waals surface area contributed by atoms with Gasteiger partial charge in [-0.15, -0.1) is 6.42 Å².